The van der Waals surface area contributed by atoms with Crippen LogP contribution in [0.5, 0.6) is 0 Å². The number of amides is 2. The van der Waals surface area contributed by atoms with Crippen molar-refractivity contribution in [1.82, 2.24) is 29.6 Å². The molecule has 0 spiro atoms. The molecule has 0 radical (unpaired) electrons. The van der Waals surface area contributed by atoms with E-state index in [1.54, 1.807) is 11.1 Å². The number of nitrogens with zero attached hydrogens (tertiary/aromatic N) is 6. The zero-order chi connectivity index (χ0) is 24.2. The highest BCUT2D eigenvalue weighted by molar-refractivity contribution is 5.92. The highest BCUT2D eigenvalue weighted by atomic mass is 16.5. The maximum atomic E-state index is 13.2. The van der Waals surface area contributed by atoms with Gasteiger partial charge in [-0.3, -0.25) is 19.5 Å². The quantitative estimate of drug-likeness (QED) is 0.463. The summed E-state index contributed by atoms with van der Waals surface area (Å²) in [5.41, 5.74) is 1.39. The molecule has 34 heavy (non-hydrogen) atoms. The predicted octanol–water partition coefficient (Wildman–Crippen LogP) is 1.23. The van der Waals surface area contributed by atoms with Gasteiger partial charge in [0.1, 0.15) is 5.69 Å². The van der Waals surface area contributed by atoms with E-state index in [2.05, 4.69) is 19.8 Å². The first-order valence-corrected chi connectivity index (χ1v) is 11.8. The van der Waals surface area contributed by atoms with E-state index < -0.39 is 0 Å². The average molecular weight is 469 g/mol. The molecule has 0 atom stereocenters. The van der Waals surface area contributed by atoms with Crippen molar-refractivity contribution in [2.75, 3.05) is 73.1 Å². The summed E-state index contributed by atoms with van der Waals surface area (Å²) < 4.78 is 5.42. The molecule has 1 aromatic heterocycles. The number of hydrogen-bond acceptors (Lipinski definition) is 7. The molecule has 1 saturated heterocycles. The fourth-order valence-electron chi connectivity index (χ4n) is 3.78. The Balaban J connectivity index is 1.64. The zero-order valence-electron chi connectivity index (χ0n) is 20.3. The average Bonchev–Trinajstić information content (AvgIpc) is 2.87. The fourth-order valence-corrected chi connectivity index (χ4v) is 3.78. The summed E-state index contributed by atoms with van der Waals surface area (Å²) in [6.45, 7) is 6.67. The van der Waals surface area contributed by atoms with Gasteiger partial charge in [0.15, 0.2) is 0 Å². The Morgan fingerprint density at radius 2 is 1.74 bits per heavy atom. The summed E-state index contributed by atoms with van der Waals surface area (Å²) in [6.07, 6.45) is 4.80. The molecule has 2 amide bonds. The minimum absolute atomic E-state index is 0.0361. The number of aromatic nitrogens is 2. The first-order valence-electron chi connectivity index (χ1n) is 11.8. The summed E-state index contributed by atoms with van der Waals surface area (Å²) in [5.74, 6) is -0.161. The smallest absolute Gasteiger partial charge is 0.274 e. The van der Waals surface area contributed by atoms with E-state index in [-0.39, 0.29) is 18.2 Å². The standard InChI is InChI=1S/C25H36N6O3/c1-28(2)12-14-31(21-22-6-4-3-5-7-22)24(32)8-11-30(15-13-29-16-18-34-19-17-29)25(33)23-20-26-9-10-27-23/h3-7,9-10,20H,8,11-19,21H2,1-2H3. The second-order valence-corrected chi connectivity index (χ2v) is 8.69. The molecule has 0 aliphatic carbocycles. The third-order valence-corrected chi connectivity index (χ3v) is 5.84. The highest BCUT2D eigenvalue weighted by Gasteiger charge is 2.22. The van der Waals surface area contributed by atoms with E-state index in [1.807, 2.05) is 49.3 Å². The molecule has 1 fully saturated rings. The first kappa shape index (κ1) is 25.7. The lowest BCUT2D eigenvalue weighted by molar-refractivity contribution is -0.132. The Bertz CT molecular complexity index is 875. The van der Waals surface area contributed by atoms with Crippen molar-refractivity contribution in [3.05, 3.63) is 60.2 Å². The Labute approximate surface area is 202 Å². The summed E-state index contributed by atoms with van der Waals surface area (Å²) in [4.78, 5) is 42.6. The van der Waals surface area contributed by atoms with Gasteiger partial charge in [-0.1, -0.05) is 30.3 Å². The van der Waals surface area contributed by atoms with Gasteiger partial charge in [-0.15, -0.1) is 0 Å². The van der Waals surface area contributed by atoms with Crippen LogP contribution in [0.2, 0.25) is 0 Å². The lowest BCUT2D eigenvalue weighted by atomic mass is 10.2. The molecular weight excluding hydrogens is 432 g/mol. The number of ether oxygens (including phenoxy) is 1. The van der Waals surface area contributed by atoms with Crippen molar-refractivity contribution in [2.45, 2.75) is 13.0 Å². The third-order valence-electron chi connectivity index (χ3n) is 5.84. The van der Waals surface area contributed by atoms with Gasteiger partial charge < -0.3 is 19.4 Å². The van der Waals surface area contributed by atoms with Crippen LogP contribution >= 0.6 is 0 Å². The lowest BCUT2D eigenvalue weighted by Gasteiger charge is -2.30. The first-order chi connectivity index (χ1) is 16.5. The molecular formula is C25H36N6O3. The second kappa shape index (κ2) is 13.7. The number of carbonyl (C=O) groups excluding carboxylic acids is 2. The molecule has 1 aliphatic rings. The van der Waals surface area contributed by atoms with E-state index in [1.165, 1.54) is 12.4 Å². The van der Waals surface area contributed by atoms with Gasteiger partial charge in [-0.25, -0.2) is 4.98 Å². The number of benzene rings is 1. The van der Waals surface area contributed by atoms with E-state index in [9.17, 15) is 9.59 Å². The van der Waals surface area contributed by atoms with E-state index >= 15 is 0 Å². The van der Waals surface area contributed by atoms with Gasteiger partial charge in [0.25, 0.3) is 5.91 Å². The molecule has 0 bridgehead atoms. The van der Waals surface area contributed by atoms with Crippen molar-refractivity contribution in [3.8, 4) is 0 Å². The molecule has 0 N–H and O–H groups in total. The summed E-state index contributed by atoms with van der Waals surface area (Å²) in [5, 5.41) is 0. The molecule has 2 heterocycles. The van der Waals surface area contributed by atoms with Gasteiger partial charge in [0, 0.05) is 71.2 Å². The molecule has 0 unspecified atom stereocenters. The molecule has 1 aliphatic heterocycles. The highest BCUT2D eigenvalue weighted by Crippen LogP contribution is 2.09. The minimum Gasteiger partial charge on any atom is -0.379 e. The van der Waals surface area contributed by atoms with Crippen LogP contribution in [0.4, 0.5) is 0 Å². The molecule has 1 aromatic carbocycles. The van der Waals surface area contributed by atoms with Gasteiger partial charge in [-0.2, -0.15) is 0 Å². The normalized spacial score (nSPS) is 14.2. The maximum absolute atomic E-state index is 13.2. The number of rotatable bonds is 12. The van der Waals surface area contributed by atoms with Gasteiger partial charge in [-0.05, 0) is 19.7 Å². The largest absolute Gasteiger partial charge is 0.379 e. The van der Waals surface area contributed by atoms with Crippen molar-refractivity contribution in [2.24, 2.45) is 0 Å². The lowest BCUT2D eigenvalue weighted by Crippen LogP contribution is -2.44. The molecule has 9 heteroatoms. The monoisotopic (exact) mass is 468 g/mol. The Hall–Kier alpha value is -2.88. The van der Waals surface area contributed by atoms with Crippen molar-refractivity contribution in [1.29, 1.82) is 0 Å². The Morgan fingerprint density at radius 3 is 2.41 bits per heavy atom. The van der Waals surface area contributed by atoms with Gasteiger partial charge in [0.05, 0.1) is 19.4 Å². The van der Waals surface area contributed by atoms with Gasteiger partial charge in [0.2, 0.25) is 5.91 Å². The molecule has 184 valence electrons. The zero-order valence-corrected chi connectivity index (χ0v) is 20.3. The number of likely N-dealkylation sites (N-methyl/N-ethyl adjacent to an activating group) is 1. The number of carbonyl (C=O) groups is 2. The predicted molar refractivity (Wildman–Crippen MR) is 130 cm³/mol. The number of hydrogen-bond donors (Lipinski definition) is 0. The maximum Gasteiger partial charge on any atom is 0.274 e. The molecule has 3 rings (SSSR count). The molecule has 9 nitrogen and oxygen atoms in total. The molecule has 0 saturated carbocycles. The van der Waals surface area contributed by atoms with Crippen molar-refractivity contribution >= 4 is 11.8 Å². The van der Waals surface area contributed by atoms with Crippen LogP contribution in [-0.4, -0.2) is 115 Å². The minimum atomic E-state index is -0.197. The second-order valence-electron chi connectivity index (χ2n) is 8.69. The number of morpholine rings is 1. The molecule has 2 aromatic rings. The van der Waals surface area contributed by atoms with Crippen LogP contribution in [0, 0.1) is 0 Å². The summed E-state index contributed by atoms with van der Waals surface area (Å²) in [6, 6.07) is 10.00. The Kier molecular flexibility index (Phi) is 10.4. The van der Waals surface area contributed by atoms with E-state index in [0.29, 0.717) is 45.1 Å². The summed E-state index contributed by atoms with van der Waals surface area (Å²) >= 11 is 0. The van der Waals surface area contributed by atoms with E-state index in [4.69, 9.17) is 4.74 Å². The van der Waals surface area contributed by atoms with Crippen LogP contribution in [0.3, 0.4) is 0 Å². The van der Waals surface area contributed by atoms with Crippen LogP contribution < -0.4 is 0 Å². The van der Waals surface area contributed by atoms with Crippen LogP contribution in [-0.2, 0) is 16.1 Å². The Morgan fingerprint density at radius 1 is 0.971 bits per heavy atom. The van der Waals surface area contributed by atoms with Gasteiger partial charge >= 0.3 is 0 Å². The van der Waals surface area contributed by atoms with Crippen LogP contribution in [0.25, 0.3) is 0 Å². The SMILES string of the molecule is CN(C)CCN(Cc1ccccc1)C(=O)CCN(CCN1CCOCC1)C(=O)c1cnccn1. The topological polar surface area (TPSA) is 82.1 Å². The fraction of sp³-hybridized carbons (Fsp3) is 0.520. The van der Waals surface area contributed by atoms with Crippen molar-refractivity contribution in [3.63, 3.8) is 0 Å². The third kappa shape index (κ3) is 8.48. The van der Waals surface area contributed by atoms with E-state index in [0.717, 1.165) is 31.7 Å². The van der Waals surface area contributed by atoms with Crippen LogP contribution in [0.15, 0.2) is 48.9 Å². The summed E-state index contributed by atoms with van der Waals surface area (Å²) in [7, 11) is 4.00. The van der Waals surface area contributed by atoms with Crippen molar-refractivity contribution < 1.29 is 14.3 Å². The van der Waals surface area contributed by atoms with Crippen LogP contribution in [0.1, 0.15) is 22.5 Å².